The molecule has 1 saturated carbocycles. The second kappa shape index (κ2) is 5.59. The van der Waals surface area contributed by atoms with Crippen molar-refractivity contribution in [1.29, 1.82) is 0 Å². The predicted octanol–water partition coefficient (Wildman–Crippen LogP) is 2.16. The summed E-state index contributed by atoms with van der Waals surface area (Å²) in [6, 6.07) is 0.367. The minimum absolute atomic E-state index is 0.367. The first kappa shape index (κ1) is 13.8. The topological polar surface area (TPSA) is 72.0 Å². The number of nitrogens with one attached hydrogen (secondary N) is 2. The molecule has 0 aromatic carbocycles. The Labute approximate surface area is 114 Å². The van der Waals surface area contributed by atoms with Crippen LogP contribution in [0.5, 0.6) is 6.01 Å². The van der Waals surface area contributed by atoms with Crippen molar-refractivity contribution in [3.05, 3.63) is 0 Å². The Bertz CT molecular complexity index is 411. The predicted molar refractivity (Wildman–Crippen MR) is 75.5 cm³/mol. The van der Waals surface area contributed by atoms with E-state index in [1.54, 1.807) is 0 Å². The van der Waals surface area contributed by atoms with E-state index in [4.69, 9.17) is 4.74 Å². The van der Waals surface area contributed by atoms with Gasteiger partial charge in [0.05, 0.1) is 6.61 Å². The van der Waals surface area contributed by atoms with E-state index < -0.39 is 0 Å². The van der Waals surface area contributed by atoms with Crippen molar-refractivity contribution in [1.82, 2.24) is 15.0 Å². The van der Waals surface area contributed by atoms with Crippen molar-refractivity contribution in [2.75, 3.05) is 30.3 Å². The zero-order valence-electron chi connectivity index (χ0n) is 12.2. The first-order valence-corrected chi connectivity index (χ1v) is 6.91. The Kier molecular flexibility index (Phi) is 4.07. The zero-order valence-corrected chi connectivity index (χ0v) is 12.2. The molecule has 1 atom stereocenters. The van der Waals surface area contributed by atoms with Crippen molar-refractivity contribution >= 4 is 11.9 Å². The molecule has 2 rings (SSSR count). The van der Waals surface area contributed by atoms with E-state index in [1.165, 1.54) is 6.42 Å². The van der Waals surface area contributed by atoms with Gasteiger partial charge >= 0.3 is 6.01 Å². The van der Waals surface area contributed by atoms with Gasteiger partial charge in [0, 0.05) is 13.1 Å². The maximum Gasteiger partial charge on any atom is 0.323 e. The fourth-order valence-corrected chi connectivity index (χ4v) is 2.01. The number of hydrogen-bond donors (Lipinski definition) is 2. The molecule has 0 saturated heterocycles. The van der Waals surface area contributed by atoms with Gasteiger partial charge in [0.2, 0.25) is 11.9 Å². The van der Waals surface area contributed by atoms with Gasteiger partial charge in [-0.1, -0.05) is 13.8 Å². The van der Waals surface area contributed by atoms with E-state index in [9.17, 15) is 0 Å². The lowest BCUT2D eigenvalue weighted by atomic mass is 10.1. The molecule has 6 nitrogen and oxygen atoms in total. The van der Waals surface area contributed by atoms with E-state index >= 15 is 0 Å². The molecule has 0 spiro atoms. The van der Waals surface area contributed by atoms with Crippen molar-refractivity contribution in [3.8, 4) is 6.01 Å². The van der Waals surface area contributed by atoms with Gasteiger partial charge in [-0.25, -0.2) is 0 Å². The molecule has 0 bridgehead atoms. The van der Waals surface area contributed by atoms with Gasteiger partial charge in [0.15, 0.2) is 0 Å². The number of rotatable bonds is 7. The van der Waals surface area contributed by atoms with E-state index in [0.717, 1.165) is 13.1 Å². The second-order valence-electron chi connectivity index (χ2n) is 5.50. The van der Waals surface area contributed by atoms with Crippen molar-refractivity contribution in [3.63, 3.8) is 0 Å². The summed E-state index contributed by atoms with van der Waals surface area (Å²) < 4.78 is 5.35. The molecular formula is C13H23N5O. The summed E-state index contributed by atoms with van der Waals surface area (Å²) in [5, 5.41) is 6.36. The van der Waals surface area contributed by atoms with Crippen LogP contribution in [0.15, 0.2) is 0 Å². The average molecular weight is 265 g/mol. The monoisotopic (exact) mass is 265 g/mol. The summed E-state index contributed by atoms with van der Waals surface area (Å²) in [6.07, 6.45) is 1.25. The van der Waals surface area contributed by atoms with Gasteiger partial charge in [0.1, 0.15) is 0 Å². The molecule has 0 aliphatic heterocycles. The lowest BCUT2D eigenvalue weighted by Gasteiger charge is -2.10. The first-order valence-electron chi connectivity index (χ1n) is 6.91. The molecular weight excluding hydrogens is 242 g/mol. The fraction of sp³-hybridized carbons (Fsp3) is 0.769. The van der Waals surface area contributed by atoms with Gasteiger partial charge in [-0.3, -0.25) is 0 Å². The normalized spacial score (nSPS) is 19.9. The lowest BCUT2D eigenvalue weighted by molar-refractivity contribution is 0.312. The van der Waals surface area contributed by atoms with Crippen molar-refractivity contribution in [2.45, 2.75) is 34.1 Å². The number of aromatic nitrogens is 3. The first-order chi connectivity index (χ1) is 9.05. The molecule has 1 aromatic heterocycles. The third kappa shape index (κ3) is 3.68. The van der Waals surface area contributed by atoms with Crippen molar-refractivity contribution < 1.29 is 4.74 Å². The standard InChI is InChI=1S/C13H23N5O/c1-5-14-10-16-11(18-12(17-10)19-6-2)15-8-9-7-13(9,3)4/h9H,5-8H2,1-4H3,(H2,14,15,16,17,18). The van der Waals surface area contributed by atoms with Crippen LogP contribution in [0.25, 0.3) is 0 Å². The highest BCUT2D eigenvalue weighted by molar-refractivity contribution is 5.36. The molecule has 1 fully saturated rings. The maximum absolute atomic E-state index is 5.35. The highest BCUT2D eigenvalue weighted by atomic mass is 16.5. The van der Waals surface area contributed by atoms with Crippen LogP contribution < -0.4 is 15.4 Å². The van der Waals surface area contributed by atoms with Crippen LogP contribution in [0.2, 0.25) is 0 Å². The van der Waals surface area contributed by atoms with Gasteiger partial charge in [-0.05, 0) is 31.6 Å². The number of hydrogen-bond acceptors (Lipinski definition) is 6. The summed E-state index contributed by atoms with van der Waals surface area (Å²) in [7, 11) is 0. The summed E-state index contributed by atoms with van der Waals surface area (Å²) in [6.45, 7) is 10.7. The van der Waals surface area contributed by atoms with Crippen molar-refractivity contribution in [2.24, 2.45) is 11.3 Å². The van der Waals surface area contributed by atoms with E-state index in [1.807, 2.05) is 13.8 Å². The van der Waals surface area contributed by atoms with Crippen LogP contribution in [-0.4, -0.2) is 34.6 Å². The van der Waals surface area contributed by atoms with Gasteiger partial charge in [0.25, 0.3) is 0 Å². The van der Waals surface area contributed by atoms with E-state index in [2.05, 4.69) is 39.4 Å². The third-order valence-electron chi connectivity index (χ3n) is 3.45. The van der Waals surface area contributed by atoms with Crippen LogP contribution in [0, 0.1) is 11.3 Å². The maximum atomic E-state index is 5.35. The van der Waals surface area contributed by atoms with Crippen LogP contribution in [0.3, 0.4) is 0 Å². The Morgan fingerprint density at radius 1 is 1.16 bits per heavy atom. The summed E-state index contributed by atoms with van der Waals surface area (Å²) in [4.78, 5) is 12.8. The third-order valence-corrected chi connectivity index (χ3v) is 3.45. The number of nitrogens with zero attached hydrogens (tertiary/aromatic N) is 3. The number of ether oxygens (including phenoxy) is 1. The minimum Gasteiger partial charge on any atom is -0.464 e. The molecule has 1 aromatic rings. The molecule has 0 amide bonds. The molecule has 1 aliphatic carbocycles. The Morgan fingerprint density at radius 2 is 1.79 bits per heavy atom. The number of anilines is 2. The Hall–Kier alpha value is -1.59. The van der Waals surface area contributed by atoms with Crippen LogP contribution in [0.1, 0.15) is 34.1 Å². The average Bonchev–Trinajstić information content (AvgIpc) is 2.95. The molecule has 1 aliphatic rings. The fourth-order valence-electron chi connectivity index (χ4n) is 2.01. The summed E-state index contributed by atoms with van der Waals surface area (Å²) >= 11 is 0. The van der Waals surface area contributed by atoms with Crippen LogP contribution in [0.4, 0.5) is 11.9 Å². The second-order valence-corrected chi connectivity index (χ2v) is 5.50. The smallest absolute Gasteiger partial charge is 0.323 e. The SMILES string of the molecule is CCNc1nc(NCC2CC2(C)C)nc(OCC)n1. The molecule has 19 heavy (non-hydrogen) atoms. The summed E-state index contributed by atoms with van der Waals surface area (Å²) in [5.41, 5.74) is 0.452. The molecule has 106 valence electrons. The van der Waals surface area contributed by atoms with Crippen LogP contribution in [-0.2, 0) is 0 Å². The van der Waals surface area contributed by atoms with E-state index in [0.29, 0.717) is 35.8 Å². The van der Waals surface area contributed by atoms with E-state index in [-0.39, 0.29) is 0 Å². The Morgan fingerprint density at radius 3 is 2.32 bits per heavy atom. The quantitative estimate of drug-likeness (QED) is 0.787. The molecule has 0 radical (unpaired) electrons. The van der Waals surface area contributed by atoms with Crippen LogP contribution >= 0.6 is 0 Å². The highest BCUT2D eigenvalue weighted by Gasteiger charge is 2.45. The summed E-state index contributed by atoms with van der Waals surface area (Å²) in [5.74, 6) is 1.83. The Balaban J connectivity index is 2.01. The van der Waals surface area contributed by atoms with Gasteiger partial charge < -0.3 is 15.4 Å². The molecule has 6 heteroatoms. The molecule has 1 heterocycles. The highest BCUT2D eigenvalue weighted by Crippen LogP contribution is 2.51. The molecule has 1 unspecified atom stereocenters. The lowest BCUT2D eigenvalue weighted by Crippen LogP contribution is -2.13. The largest absolute Gasteiger partial charge is 0.464 e. The zero-order chi connectivity index (χ0) is 13.9. The minimum atomic E-state index is 0.367. The molecule has 2 N–H and O–H groups in total. The van der Waals surface area contributed by atoms with Gasteiger partial charge in [-0.15, -0.1) is 0 Å². The van der Waals surface area contributed by atoms with Gasteiger partial charge in [-0.2, -0.15) is 15.0 Å².